The van der Waals surface area contributed by atoms with Gasteiger partial charge in [-0.15, -0.1) is 0 Å². The third-order valence-electron chi connectivity index (χ3n) is 6.05. The smallest absolute Gasteiger partial charge is 0.106 e. The number of rotatable bonds is 8. The molecule has 5 heteroatoms. The summed E-state index contributed by atoms with van der Waals surface area (Å²) in [5.41, 5.74) is 3.74. The van der Waals surface area contributed by atoms with E-state index in [1.165, 1.54) is 66.4 Å². The van der Waals surface area contributed by atoms with Crippen molar-refractivity contribution in [3.8, 4) is 0 Å². The monoisotopic (exact) mass is 439 g/mol. The highest BCUT2D eigenvalue weighted by atomic mass is 32.2. The molecule has 1 saturated heterocycles. The normalized spacial score (nSPS) is 16.8. The summed E-state index contributed by atoms with van der Waals surface area (Å²) < 4.78 is 0. The highest BCUT2D eigenvalue weighted by molar-refractivity contribution is 7.99. The zero-order chi connectivity index (χ0) is 20.9. The summed E-state index contributed by atoms with van der Waals surface area (Å²) in [5.74, 6) is 0. The lowest BCUT2D eigenvalue weighted by atomic mass is 10.1. The fourth-order valence-electron chi connectivity index (χ4n) is 4.50. The molecule has 2 heterocycles. The summed E-state index contributed by atoms with van der Waals surface area (Å²) in [6.07, 6.45) is 6.31. The number of nitrogens with zero attached hydrogens (tertiary/aromatic N) is 2. The molecule has 3 nitrogen and oxygen atoms in total. The molecular weight excluding hydrogens is 406 g/mol. The molecule has 0 aromatic heterocycles. The second-order valence-corrected chi connectivity index (χ2v) is 9.93. The molecule has 2 aromatic carbocycles. The summed E-state index contributed by atoms with van der Waals surface area (Å²) in [4.78, 5) is 8.68. The first kappa shape index (κ1) is 21.7. The predicted molar refractivity (Wildman–Crippen MR) is 134 cm³/mol. The highest BCUT2D eigenvalue weighted by Crippen LogP contribution is 2.49. The van der Waals surface area contributed by atoms with Crippen LogP contribution in [0.25, 0.3) is 0 Å². The van der Waals surface area contributed by atoms with Crippen LogP contribution >= 0.6 is 24.0 Å². The quantitative estimate of drug-likeness (QED) is 0.387. The summed E-state index contributed by atoms with van der Waals surface area (Å²) in [6.45, 7) is 9.11. The topological polar surface area (TPSA) is 18.5 Å². The molecule has 30 heavy (non-hydrogen) atoms. The molecule has 160 valence electrons. The Morgan fingerprint density at radius 1 is 1.07 bits per heavy atom. The van der Waals surface area contributed by atoms with Gasteiger partial charge in [0.25, 0.3) is 0 Å². The van der Waals surface area contributed by atoms with Crippen molar-refractivity contribution >= 4 is 40.3 Å². The first-order valence-electron chi connectivity index (χ1n) is 11.4. The van der Waals surface area contributed by atoms with Crippen LogP contribution in [0.2, 0.25) is 0 Å². The van der Waals surface area contributed by atoms with Crippen LogP contribution in [0.4, 0.5) is 11.4 Å². The lowest BCUT2D eigenvalue weighted by molar-refractivity contribution is 0.319. The van der Waals surface area contributed by atoms with E-state index in [-0.39, 0.29) is 0 Å². The zero-order valence-corrected chi connectivity index (χ0v) is 19.8. The predicted octanol–water partition coefficient (Wildman–Crippen LogP) is 6.23. The van der Waals surface area contributed by atoms with Gasteiger partial charge in [0.15, 0.2) is 0 Å². The molecule has 1 unspecified atom stereocenters. The maximum absolute atomic E-state index is 5.73. The van der Waals surface area contributed by atoms with Crippen LogP contribution in [0.1, 0.15) is 51.5 Å². The van der Waals surface area contributed by atoms with Gasteiger partial charge in [-0.2, -0.15) is 0 Å². The Labute approximate surface area is 191 Å². The van der Waals surface area contributed by atoms with Gasteiger partial charge in [0, 0.05) is 34.5 Å². The molecule has 0 aliphatic carbocycles. The Kier molecular flexibility index (Phi) is 7.34. The van der Waals surface area contributed by atoms with Gasteiger partial charge in [-0.3, -0.25) is 0 Å². The van der Waals surface area contributed by atoms with E-state index in [4.69, 9.17) is 12.2 Å². The van der Waals surface area contributed by atoms with E-state index in [2.05, 4.69) is 71.4 Å². The fraction of sp³-hybridized carbons (Fsp3) is 0.480. The van der Waals surface area contributed by atoms with Crippen LogP contribution < -0.4 is 10.2 Å². The first-order chi connectivity index (χ1) is 14.7. The van der Waals surface area contributed by atoms with Crippen molar-refractivity contribution in [1.82, 2.24) is 10.2 Å². The number of hydrogen-bond donors (Lipinski definition) is 1. The van der Waals surface area contributed by atoms with Crippen molar-refractivity contribution in [2.24, 2.45) is 0 Å². The first-order valence-corrected chi connectivity index (χ1v) is 12.6. The minimum absolute atomic E-state index is 0.408. The molecule has 4 rings (SSSR count). The van der Waals surface area contributed by atoms with Crippen molar-refractivity contribution in [3.63, 3.8) is 0 Å². The van der Waals surface area contributed by atoms with Gasteiger partial charge in [0.1, 0.15) is 4.99 Å². The average molecular weight is 440 g/mol. The molecule has 0 bridgehead atoms. The van der Waals surface area contributed by atoms with E-state index in [0.717, 1.165) is 23.6 Å². The second kappa shape index (κ2) is 10.2. The molecule has 1 N–H and O–H groups in total. The Bertz CT molecular complexity index is 876. The number of benzene rings is 2. The number of fused-ring (bicyclic) bond motifs is 2. The lowest BCUT2D eigenvalue weighted by Gasteiger charge is -2.39. The minimum Gasteiger partial charge on any atom is -0.376 e. The second-order valence-electron chi connectivity index (χ2n) is 8.44. The molecule has 0 radical (unpaired) electrons. The van der Waals surface area contributed by atoms with Crippen LogP contribution in [0, 0.1) is 0 Å². The number of unbranched alkanes of at least 4 members (excludes halogenated alkanes) is 2. The largest absolute Gasteiger partial charge is 0.376 e. The third kappa shape index (κ3) is 4.84. The van der Waals surface area contributed by atoms with Crippen LogP contribution in [0.15, 0.2) is 52.3 Å². The van der Waals surface area contributed by atoms with Crippen molar-refractivity contribution in [3.05, 3.63) is 48.0 Å². The Balaban J connectivity index is 1.60. The van der Waals surface area contributed by atoms with E-state index in [1.54, 1.807) is 0 Å². The maximum atomic E-state index is 5.73. The third-order valence-corrected chi connectivity index (χ3v) is 7.56. The average Bonchev–Trinajstić information content (AvgIpc) is 3.27. The van der Waals surface area contributed by atoms with Crippen LogP contribution in [0.5, 0.6) is 0 Å². The SMILES string of the molecule is CCCCCNC(=S)c1ccc2c(c1)N(C(C)CN1CCCC1)c1ccccc1S2. The van der Waals surface area contributed by atoms with E-state index in [0.29, 0.717) is 6.04 Å². The number of anilines is 2. The minimum atomic E-state index is 0.408. The van der Waals surface area contributed by atoms with Crippen molar-refractivity contribution in [1.29, 1.82) is 0 Å². The maximum Gasteiger partial charge on any atom is 0.106 e. The Morgan fingerprint density at radius 3 is 2.63 bits per heavy atom. The summed E-state index contributed by atoms with van der Waals surface area (Å²) in [5, 5.41) is 3.46. The summed E-state index contributed by atoms with van der Waals surface area (Å²) >= 11 is 7.60. The molecule has 1 atom stereocenters. The van der Waals surface area contributed by atoms with Crippen molar-refractivity contribution < 1.29 is 0 Å². The molecule has 1 fully saturated rings. The van der Waals surface area contributed by atoms with Gasteiger partial charge >= 0.3 is 0 Å². The van der Waals surface area contributed by atoms with Gasteiger partial charge in [0.2, 0.25) is 0 Å². The molecular formula is C25H33N3S2. The van der Waals surface area contributed by atoms with Gasteiger partial charge in [0.05, 0.1) is 11.4 Å². The van der Waals surface area contributed by atoms with Gasteiger partial charge < -0.3 is 15.1 Å². The lowest BCUT2D eigenvalue weighted by Crippen LogP contribution is -2.40. The van der Waals surface area contributed by atoms with Crippen LogP contribution in [0.3, 0.4) is 0 Å². The summed E-state index contributed by atoms with van der Waals surface area (Å²) in [7, 11) is 0. The van der Waals surface area contributed by atoms with E-state index >= 15 is 0 Å². The molecule has 2 aliphatic heterocycles. The number of likely N-dealkylation sites (tertiary alicyclic amines) is 1. The van der Waals surface area contributed by atoms with Gasteiger partial charge in [-0.25, -0.2) is 0 Å². The number of thiocarbonyl (C=S) groups is 1. The van der Waals surface area contributed by atoms with Gasteiger partial charge in [-0.05, 0) is 63.5 Å². The Morgan fingerprint density at radius 2 is 1.83 bits per heavy atom. The number of para-hydroxylation sites is 1. The van der Waals surface area contributed by atoms with Crippen molar-refractivity contribution in [2.75, 3.05) is 31.1 Å². The molecule has 0 amide bonds. The molecule has 0 saturated carbocycles. The molecule has 2 aliphatic rings. The van der Waals surface area contributed by atoms with Crippen LogP contribution in [-0.2, 0) is 0 Å². The Hall–Kier alpha value is -1.56. The molecule has 2 aromatic rings. The standard InChI is InChI=1S/C25H33N3S2/c1-3-4-7-14-26-25(29)20-12-13-24-22(17-20)28(19(2)18-27-15-8-9-16-27)21-10-5-6-11-23(21)30-24/h5-6,10-13,17,19H,3-4,7-9,14-16,18H2,1-2H3,(H,26,29). The van der Waals surface area contributed by atoms with Crippen molar-refractivity contribution in [2.45, 2.75) is 61.8 Å². The molecule has 0 spiro atoms. The number of hydrogen-bond acceptors (Lipinski definition) is 4. The highest BCUT2D eigenvalue weighted by Gasteiger charge is 2.29. The van der Waals surface area contributed by atoms with E-state index in [1.807, 2.05) is 11.8 Å². The van der Waals surface area contributed by atoms with E-state index < -0.39 is 0 Å². The van der Waals surface area contributed by atoms with E-state index in [9.17, 15) is 0 Å². The van der Waals surface area contributed by atoms with Gasteiger partial charge in [-0.1, -0.05) is 61.9 Å². The fourth-order valence-corrected chi connectivity index (χ4v) is 5.78. The van der Waals surface area contributed by atoms with Crippen LogP contribution in [-0.4, -0.2) is 42.1 Å². The number of nitrogens with one attached hydrogen (secondary N) is 1. The zero-order valence-electron chi connectivity index (χ0n) is 18.2. The summed E-state index contributed by atoms with van der Waals surface area (Å²) in [6, 6.07) is 15.9.